The van der Waals surface area contributed by atoms with Crippen LogP contribution in [0.1, 0.15) is 24.6 Å². The lowest BCUT2D eigenvalue weighted by Crippen LogP contribution is -2.56. The van der Waals surface area contributed by atoms with Crippen molar-refractivity contribution in [1.82, 2.24) is 25.4 Å². The van der Waals surface area contributed by atoms with Crippen LogP contribution in [0.2, 0.25) is 0 Å². The number of benzene rings is 1. The quantitative estimate of drug-likeness (QED) is 0.599. The predicted octanol–water partition coefficient (Wildman–Crippen LogP) is 0.990. The average molecular weight is 458 g/mol. The van der Waals surface area contributed by atoms with Crippen molar-refractivity contribution in [3.8, 4) is 10.4 Å². The molecular formula is C23H31N5O3S. The maximum absolute atomic E-state index is 13.1. The number of amides is 2. The van der Waals surface area contributed by atoms with Gasteiger partial charge in [-0.15, -0.1) is 11.3 Å². The van der Waals surface area contributed by atoms with Gasteiger partial charge in [0.25, 0.3) is 0 Å². The Labute approximate surface area is 192 Å². The van der Waals surface area contributed by atoms with E-state index in [1.54, 1.807) is 16.2 Å². The highest BCUT2D eigenvalue weighted by atomic mass is 32.1. The molecule has 2 aromatic rings. The Morgan fingerprint density at radius 1 is 1.28 bits per heavy atom. The Morgan fingerprint density at radius 3 is 2.66 bits per heavy atom. The van der Waals surface area contributed by atoms with Crippen molar-refractivity contribution in [3.63, 3.8) is 0 Å². The second-order valence-electron chi connectivity index (χ2n) is 8.54. The molecule has 3 N–H and O–H groups in total. The summed E-state index contributed by atoms with van der Waals surface area (Å²) in [6.07, 6.45) is -0.401. The van der Waals surface area contributed by atoms with E-state index in [9.17, 15) is 14.7 Å². The van der Waals surface area contributed by atoms with Crippen molar-refractivity contribution in [2.24, 2.45) is 0 Å². The van der Waals surface area contributed by atoms with E-state index in [1.807, 2.05) is 43.6 Å². The summed E-state index contributed by atoms with van der Waals surface area (Å²) in [5.74, 6) is -0.308. The van der Waals surface area contributed by atoms with E-state index in [1.165, 1.54) is 0 Å². The van der Waals surface area contributed by atoms with Crippen LogP contribution in [-0.4, -0.2) is 82.6 Å². The van der Waals surface area contributed by atoms with Crippen molar-refractivity contribution >= 4 is 23.2 Å². The molecule has 2 saturated heterocycles. The number of aliphatic hydroxyl groups is 1. The fraction of sp³-hybridized carbons (Fsp3) is 0.522. The van der Waals surface area contributed by atoms with Crippen LogP contribution in [-0.2, 0) is 16.1 Å². The van der Waals surface area contributed by atoms with Gasteiger partial charge >= 0.3 is 0 Å². The second kappa shape index (κ2) is 10.1. The van der Waals surface area contributed by atoms with E-state index in [2.05, 4.69) is 20.5 Å². The molecule has 2 fully saturated rings. The van der Waals surface area contributed by atoms with Crippen LogP contribution in [0.5, 0.6) is 0 Å². The van der Waals surface area contributed by atoms with Gasteiger partial charge in [-0.25, -0.2) is 4.98 Å². The largest absolute Gasteiger partial charge is 0.391 e. The number of carbonyl (C=O) groups excluding carboxylic acids is 2. The standard InChI is InChI=1S/C23H31N5O3S/c1-15-21(32-14-26-15)18-5-3-17(4-6-18)12-25-22(30)20-11-19(29)13-28(20)23(31)16(2)27-9-7-24-8-10-27/h3-6,14,16,19-20,24,29H,7-13H2,1-2H3,(H,25,30)/t16-,19-,20?/m1/s1. The number of aryl methyl sites for hydroxylation is 1. The first-order valence-electron chi connectivity index (χ1n) is 11.1. The van der Waals surface area contributed by atoms with Crippen molar-refractivity contribution in [2.75, 3.05) is 32.7 Å². The summed E-state index contributed by atoms with van der Waals surface area (Å²) in [7, 11) is 0. The number of hydrogen-bond acceptors (Lipinski definition) is 7. The first-order chi connectivity index (χ1) is 15.4. The number of thiazole rings is 1. The maximum Gasteiger partial charge on any atom is 0.243 e. The second-order valence-corrected chi connectivity index (χ2v) is 9.39. The van der Waals surface area contributed by atoms with E-state index < -0.39 is 12.1 Å². The number of hydrogen-bond donors (Lipinski definition) is 3. The van der Waals surface area contributed by atoms with E-state index >= 15 is 0 Å². The lowest BCUT2D eigenvalue weighted by molar-refractivity contribution is -0.142. The van der Waals surface area contributed by atoms with Crippen LogP contribution in [0, 0.1) is 6.92 Å². The minimum atomic E-state index is -0.674. The minimum Gasteiger partial charge on any atom is -0.391 e. The molecule has 0 aliphatic carbocycles. The Morgan fingerprint density at radius 2 is 2.00 bits per heavy atom. The average Bonchev–Trinajstić information content (AvgIpc) is 3.43. The Balaban J connectivity index is 1.36. The molecule has 0 spiro atoms. The van der Waals surface area contributed by atoms with Crippen LogP contribution in [0.25, 0.3) is 10.4 Å². The molecule has 9 heteroatoms. The van der Waals surface area contributed by atoms with Gasteiger partial charge in [0.1, 0.15) is 6.04 Å². The third-order valence-electron chi connectivity index (χ3n) is 6.35. The van der Waals surface area contributed by atoms with E-state index in [0.29, 0.717) is 6.54 Å². The molecule has 2 amide bonds. The van der Waals surface area contributed by atoms with Crippen LogP contribution < -0.4 is 10.6 Å². The molecule has 0 radical (unpaired) electrons. The fourth-order valence-electron chi connectivity index (χ4n) is 4.43. The number of rotatable bonds is 6. The van der Waals surface area contributed by atoms with Gasteiger partial charge in [0.15, 0.2) is 0 Å². The van der Waals surface area contributed by atoms with Crippen molar-refractivity contribution < 1.29 is 14.7 Å². The molecular weight excluding hydrogens is 426 g/mol. The summed E-state index contributed by atoms with van der Waals surface area (Å²) in [6, 6.07) is 7.11. The molecule has 4 rings (SSSR count). The zero-order valence-corrected chi connectivity index (χ0v) is 19.4. The molecule has 2 aliphatic heterocycles. The first-order valence-corrected chi connectivity index (χ1v) is 12.0. The van der Waals surface area contributed by atoms with E-state index in [4.69, 9.17) is 0 Å². The van der Waals surface area contributed by atoms with Crippen molar-refractivity contribution in [2.45, 2.75) is 45.0 Å². The summed E-state index contributed by atoms with van der Waals surface area (Å²) in [6.45, 7) is 7.77. The van der Waals surface area contributed by atoms with Gasteiger partial charge in [-0.3, -0.25) is 14.5 Å². The van der Waals surface area contributed by atoms with Crippen LogP contribution in [0.3, 0.4) is 0 Å². The third-order valence-corrected chi connectivity index (χ3v) is 7.33. The molecule has 2 aliphatic rings. The minimum absolute atomic E-state index is 0.0899. The van der Waals surface area contributed by atoms with Crippen LogP contribution in [0.15, 0.2) is 29.8 Å². The smallest absolute Gasteiger partial charge is 0.243 e. The SMILES string of the molecule is Cc1ncsc1-c1ccc(CNC(=O)C2C[C@@H](O)CN2C(=O)[C@@H](C)N2CCNCC2)cc1. The van der Waals surface area contributed by atoms with Crippen molar-refractivity contribution in [1.29, 1.82) is 0 Å². The summed E-state index contributed by atoms with van der Waals surface area (Å²) in [5.41, 5.74) is 4.94. The lowest BCUT2D eigenvalue weighted by Gasteiger charge is -2.35. The zero-order chi connectivity index (χ0) is 22.7. The number of aliphatic hydroxyl groups excluding tert-OH is 1. The zero-order valence-electron chi connectivity index (χ0n) is 18.6. The molecule has 1 aromatic heterocycles. The van der Waals surface area contributed by atoms with Gasteiger partial charge in [-0.05, 0) is 25.0 Å². The highest BCUT2D eigenvalue weighted by molar-refractivity contribution is 7.13. The highest BCUT2D eigenvalue weighted by Gasteiger charge is 2.41. The van der Waals surface area contributed by atoms with Gasteiger partial charge in [-0.2, -0.15) is 0 Å². The first kappa shape index (κ1) is 22.8. The molecule has 172 valence electrons. The molecule has 3 heterocycles. The van der Waals surface area contributed by atoms with Crippen LogP contribution >= 0.6 is 11.3 Å². The molecule has 1 aromatic carbocycles. The number of likely N-dealkylation sites (tertiary alicyclic amines) is 1. The molecule has 32 heavy (non-hydrogen) atoms. The van der Waals surface area contributed by atoms with E-state index in [-0.39, 0.29) is 30.8 Å². The number of aromatic nitrogens is 1. The molecule has 0 bridgehead atoms. The molecule has 8 nitrogen and oxygen atoms in total. The van der Waals surface area contributed by atoms with Crippen LogP contribution in [0.4, 0.5) is 0 Å². The number of carbonyl (C=O) groups is 2. The fourth-order valence-corrected chi connectivity index (χ4v) is 5.24. The summed E-state index contributed by atoms with van der Waals surface area (Å²) >= 11 is 1.61. The number of piperazine rings is 1. The normalized spacial score (nSPS) is 22.7. The highest BCUT2D eigenvalue weighted by Crippen LogP contribution is 2.27. The number of β-amino-alcohol motifs (C(OH)–C–C–N with tert-alkyl or cyclic N) is 1. The predicted molar refractivity (Wildman–Crippen MR) is 124 cm³/mol. The monoisotopic (exact) mass is 457 g/mol. The Hall–Kier alpha value is -2.33. The van der Waals surface area contributed by atoms with Gasteiger partial charge < -0.3 is 20.6 Å². The number of nitrogens with zero attached hydrogens (tertiary/aromatic N) is 3. The summed E-state index contributed by atoms with van der Waals surface area (Å²) in [5, 5.41) is 16.4. The third kappa shape index (κ3) is 5.01. The van der Waals surface area contributed by atoms with E-state index in [0.717, 1.165) is 47.9 Å². The van der Waals surface area contributed by atoms with Gasteiger partial charge in [0.05, 0.1) is 28.2 Å². The summed E-state index contributed by atoms with van der Waals surface area (Å²) in [4.78, 5) is 35.2. The Kier molecular flexibility index (Phi) is 7.20. The molecule has 1 unspecified atom stereocenters. The summed E-state index contributed by atoms with van der Waals surface area (Å²) < 4.78 is 0. The molecule has 3 atom stereocenters. The molecule has 0 saturated carbocycles. The number of nitrogens with one attached hydrogen (secondary N) is 2. The van der Waals surface area contributed by atoms with Gasteiger partial charge in [0, 0.05) is 45.7 Å². The maximum atomic E-state index is 13.1. The van der Waals surface area contributed by atoms with Gasteiger partial charge in [0.2, 0.25) is 11.8 Å². The van der Waals surface area contributed by atoms with Crippen molar-refractivity contribution in [3.05, 3.63) is 41.0 Å². The topological polar surface area (TPSA) is 97.8 Å². The lowest BCUT2D eigenvalue weighted by atomic mass is 10.1. The van der Waals surface area contributed by atoms with Gasteiger partial charge in [-0.1, -0.05) is 24.3 Å². The Bertz CT molecular complexity index is 941.